The van der Waals surface area contributed by atoms with Crippen molar-refractivity contribution in [3.05, 3.63) is 22.1 Å². The first-order chi connectivity index (χ1) is 8.85. The third kappa shape index (κ3) is 2.14. The van der Waals surface area contributed by atoms with E-state index in [0.29, 0.717) is 28.4 Å². The van der Waals surface area contributed by atoms with Crippen molar-refractivity contribution < 1.29 is 9.84 Å². The van der Waals surface area contributed by atoms with Crippen molar-refractivity contribution in [1.82, 2.24) is 24.8 Å². The number of hydrogen-bond donors (Lipinski definition) is 1. The highest BCUT2D eigenvalue weighted by Crippen LogP contribution is 2.33. The molecule has 1 aliphatic rings. The van der Waals surface area contributed by atoms with E-state index in [1.54, 1.807) is 17.8 Å². The molecule has 0 bridgehead atoms. The average Bonchev–Trinajstić information content (AvgIpc) is 2.88. The number of aliphatic hydroxyl groups is 1. The molecule has 1 aliphatic heterocycles. The maximum absolute atomic E-state index is 10.3. The van der Waals surface area contributed by atoms with E-state index in [2.05, 4.69) is 31.2 Å². The van der Waals surface area contributed by atoms with Gasteiger partial charge in [0.2, 0.25) is 5.88 Å². The van der Waals surface area contributed by atoms with Gasteiger partial charge < -0.3 is 9.84 Å². The van der Waals surface area contributed by atoms with E-state index in [1.807, 2.05) is 13.8 Å². The number of aryl methyl sites for hydroxylation is 1. The number of nitrogens with zero attached hydrogens (tertiary/aromatic N) is 5. The summed E-state index contributed by atoms with van der Waals surface area (Å²) in [6.07, 6.45) is -0.923. The lowest BCUT2D eigenvalue weighted by molar-refractivity contribution is 0.134. The standard InChI is InChI=1S/C11H14BrN5O2/c1-11(2)5-17-7(19-11)4-6(13-17)9(18)8-10(12)15-16(3)14-8/h4,9,18H,5H2,1-3H3. The van der Waals surface area contributed by atoms with Crippen molar-refractivity contribution in [2.45, 2.75) is 32.1 Å². The van der Waals surface area contributed by atoms with Gasteiger partial charge in [0.25, 0.3) is 0 Å². The zero-order valence-corrected chi connectivity index (χ0v) is 12.4. The lowest BCUT2D eigenvalue weighted by Gasteiger charge is -2.15. The number of hydrogen-bond acceptors (Lipinski definition) is 5. The second-order valence-electron chi connectivity index (χ2n) is 5.19. The molecule has 0 radical (unpaired) electrons. The maximum atomic E-state index is 10.3. The third-order valence-corrected chi connectivity index (χ3v) is 3.47. The minimum Gasteiger partial charge on any atom is -0.470 e. The molecule has 8 heteroatoms. The van der Waals surface area contributed by atoms with Gasteiger partial charge >= 0.3 is 0 Å². The van der Waals surface area contributed by atoms with Crippen LogP contribution in [0.3, 0.4) is 0 Å². The van der Waals surface area contributed by atoms with E-state index >= 15 is 0 Å². The number of rotatable bonds is 2. The van der Waals surface area contributed by atoms with Crippen LogP contribution in [0.1, 0.15) is 31.3 Å². The van der Waals surface area contributed by atoms with Gasteiger partial charge in [-0.05, 0) is 29.8 Å². The molecule has 3 rings (SSSR count). The highest BCUT2D eigenvalue weighted by molar-refractivity contribution is 9.10. The number of halogens is 1. The predicted octanol–water partition coefficient (Wildman–Crippen LogP) is 1.03. The van der Waals surface area contributed by atoms with Crippen molar-refractivity contribution in [1.29, 1.82) is 0 Å². The Morgan fingerprint density at radius 3 is 2.74 bits per heavy atom. The highest BCUT2D eigenvalue weighted by atomic mass is 79.9. The topological polar surface area (TPSA) is 78.0 Å². The lowest BCUT2D eigenvalue weighted by atomic mass is 10.1. The fraction of sp³-hybridized carbons (Fsp3) is 0.545. The van der Waals surface area contributed by atoms with Crippen LogP contribution >= 0.6 is 15.9 Å². The van der Waals surface area contributed by atoms with Crippen LogP contribution in [0.4, 0.5) is 0 Å². The van der Waals surface area contributed by atoms with Gasteiger partial charge in [-0.1, -0.05) is 0 Å². The summed E-state index contributed by atoms with van der Waals surface area (Å²) < 4.78 is 8.00. The molecule has 1 unspecified atom stereocenters. The SMILES string of the molecule is Cn1nc(Br)c(C(O)c2cc3n(n2)CC(C)(C)O3)n1. The van der Waals surface area contributed by atoms with Gasteiger partial charge in [0.1, 0.15) is 23.1 Å². The summed E-state index contributed by atoms with van der Waals surface area (Å²) >= 11 is 3.27. The normalized spacial score (nSPS) is 18.2. The van der Waals surface area contributed by atoms with Gasteiger partial charge in [0, 0.05) is 13.1 Å². The summed E-state index contributed by atoms with van der Waals surface area (Å²) in [6.45, 7) is 4.66. The Morgan fingerprint density at radius 2 is 2.16 bits per heavy atom. The zero-order chi connectivity index (χ0) is 13.8. The van der Waals surface area contributed by atoms with E-state index in [-0.39, 0.29) is 5.60 Å². The van der Waals surface area contributed by atoms with E-state index < -0.39 is 6.10 Å². The van der Waals surface area contributed by atoms with Crippen LogP contribution in [0.2, 0.25) is 0 Å². The first kappa shape index (κ1) is 12.6. The van der Waals surface area contributed by atoms with Crippen LogP contribution in [-0.2, 0) is 13.6 Å². The Balaban J connectivity index is 1.91. The summed E-state index contributed by atoms with van der Waals surface area (Å²) in [4.78, 5) is 1.39. The summed E-state index contributed by atoms with van der Waals surface area (Å²) in [6, 6.07) is 1.74. The minimum absolute atomic E-state index is 0.251. The van der Waals surface area contributed by atoms with Crippen molar-refractivity contribution in [2.75, 3.05) is 0 Å². The fourth-order valence-electron chi connectivity index (χ4n) is 2.13. The van der Waals surface area contributed by atoms with Gasteiger partial charge in [0.15, 0.2) is 4.60 Å². The van der Waals surface area contributed by atoms with E-state index in [0.717, 1.165) is 0 Å². The molecule has 0 saturated carbocycles. The predicted molar refractivity (Wildman–Crippen MR) is 69.7 cm³/mol. The van der Waals surface area contributed by atoms with Gasteiger partial charge in [-0.2, -0.15) is 15.0 Å². The highest BCUT2D eigenvalue weighted by Gasteiger charge is 2.33. The van der Waals surface area contributed by atoms with Crippen molar-refractivity contribution in [3.63, 3.8) is 0 Å². The Bertz CT molecular complexity index is 608. The van der Waals surface area contributed by atoms with Gasteiger partial charge in [-0.3, -0.25) is 0 Å². The molecule has 1 atom stereocenters. The van der Waals surface area contributed by atoms with E-state index in [4.69, 9.17) is 4.74 Å². The summed E-state index contributed by atoms with van der Waals surface area (Å²) in [5.41, 5.74) is 0.698. The molecule has 1 N–H and O–H groups in total. The number of aliphatic hydroxyl groups excluding tert-OH is 1. The molecule has 0 spiro atoms. The van der Waals surface area contributed by atoms with Crippen LogP contribution in [0, 0.1) is 0 Å². The molecule has 0 saturated heterocycles. The van der Waals surface area contributed by atoms with Crippen LogP contribution in [0.15, 0.2) is 10.7 Å². The first-order valence-corrected chi connectivity index (χ1v) is 6.66. The van der Waals surface area contributed by atoms with E-state index in [9.17, 15) is 5.11 Å². The first-order valence-electron chi connectivity index (χ1n) is 5.87. The van der Waals surface area contributed by atoms with Crippen molar-refractivity contribution in [3.8, 4) is 5.88 Å². The van der Waals surface area contributed by atoms with Crippen LogP contribution in [0.25, 0.3) is 0 Å². The maximum Gasteiger partial charge on any atom is 0.212 e. The Labute approximate surface area is 118 Å². The molecule has 0 aliphatic carbocycles. The molecule has 2 aromatic rings. The van der Waals surface area contributed by atoms with Crippen molar-refractivity contribution >= 4 is 15.9 Å². The van der Waals surface area contributed by atoms with Gasteiger partial charge in [-0.25, -0.2) is 4.68 Å². The Hall–Kier alpha value is -1.41. The van der Waals surface area contributed by atoms with Crippen LogP contribution < -0.4 is 4.74 Å². The molecule has 102 valence electrons. The molecule has 0 amide bonds. The lowest BCUT2D eigenvalue weighted by Crippen LogP contribution is -2.26. The molecule has 0 fully saturated rings. The molecule has 19 heavy (non-hydrogen) atoms. The molecule has 2 aromatic heterocycles. The minimum atomic E-state index is -0.923. The second kappa shape index (κ2) is 4.04. The average molecular weight is 328 g/mol. The quantitative estimate of drug-likeness (QED) is 0.891. The summed E-state index contributed by atoms with van der Waals surface area (Å²) in [5.74, 6) is 0.666. The third-order valence-electron chi connectivity index (χ3n) is 2.91. The fourth-order valence-corrected chi connectivity index (χ4v) is 2.65. The summed E-state index contributed by atoms with van der Waals surface area (Å²) in [7, 11) is 1.69. The Kier molecular flexibility index (Phi) is 2.68. The van der Waals surface area contributed by atoms with E-state index in [1.165, 1.54) is 4.80 Å². The smallest absolute Gasteiger partial charge is 0.212 e. The largest absolute Gasteiger partial charge is 0.470 e. The van der Waals surface area contributed by atoms with Gasteiger partial charge in [-0.15, -0.1) is 5.10 Å². The second-order valence-corrected chi connectivity index (χ2v) is 5.95. The van der Waals surface area contributed by atoms with Crippen molar-refractivity contribution in [2.24, 2.45) is 7.05 Å². The number of fused-ring (bicyclic) bond motifs is 1. The summed E-state index contributed by atoms with van der Waals surface area (Å²) in [5, 5.41) is 22.8. The molecular formula is C11H14BrN5O2. The molecule has 3 heterocycles. The molecular weight excluding hydrogens is 314 g/mol. The number of aromatic nitrogens is 5. The molecule has 7 nitrogen and oxygen atoms in total. The number of ether oxygens (including phenoxy) is 1. The zero-order valence-electron chi connectivity index (χ0n) is 10.8. The molecule has 0 aromatic carbocycles. The Morgan fingerprint density at radius 1 is 1.42 bits per heavy atom. The van der Waals surface area contributed by atoms with Gasteiger partial charge in [0.05, 0.1) is 6.54 Å². The monoisotopic (exact) mass is 327 g/mol. The van der Waals surface area contributed by atoms with Crippen LogP contribution in [0.5, 0.6) is 5.88 Å². The van der Waals surface area contributed by atoms with Crippen LogP contribution in [-0.4, -0.2) is 35.5 Å².